The van der Waals surface area contributed by atoms with E-state index in [1.54, 1.807) is 0 Å². The number of carbonyl (C=O) groups is 2. The van der Waals surface area contributed by atoms with Crippen LogP contribution in [0.4, 0.5) is 0 Å². The molecule has 13 heteroatoms. The lowest BCUT2D eigenvalue weighted by Gasteiger charge is -2.16. The van der Waals surface area contributed by atoms with Gasteiger partial charge in [0.05, 0.1) is 13.0 Å². The number of hydrogen-bond donors (Lipinski definition) is 7. The van der Waals surface area contributed by atoms with Gasteiger partial charge in [-0.15, -0.1) is 0 Å². The summed E-state index contributed by atoms with van der Waals surface area (Å²) in [5.41, 5.74) is 3.51. The van der Waals surface area contributed by atoms with E-state index in [2.05, 4.69) is 0 Å². The second-order valence-corrected chi connectivity index (χ2v) is 5.29. The molecule has 8 N–H and O–H groups in total. The maximum Gasteiger partial charge on any atom is 0.330 e. The van der Waals surface area contributed by atoms with Crippen molar-refractivity contribution in [1.29, 1.82) is 0 Å². The predicted octanol–water partition coefficient (Wildman–Crippen LogP) is -3.98. The molecule has 0 amide bonds. The van der Waals surface area contributed by atoms with Gasteiger partial charge in [0, 0.05) is 12.3 Å². The molecule has 2 rings (SSSR count). The van der Waals surface area contributed by atoms with Crippen LogP contribution in [0.15, 0.2) is 21.9 Å². The first-order chi connectivity index (χ1) is 12.1. The fraction of sp³-hybridized carbons (Fsp3) is 0.538. The molecule has 1 aliphatic rings. The van der Waals surface area contributed by atoms with E-state index in [4.69, 9.17) is 25.8 Å². The van der Waals surface area contributed by atoms with E-state index >= 15 is 0 Å². The summed E-state index contributed by atoms with van der Waals surface area (Å²) in [5.74, 6) is -2.50. The number of ether oxygens (including phenoxy) is 1. The molecule has 0 spiro atoms. The first-order valence-electron chi connectivity index (χ1n) is 7.22. The van der Waals surface area contributed by atoms with Crippen molar-refractivity contribution in [3.05, 3.63) is 33.1 Å². The van der Waals surface area contributed by atoms with E-state index in [9.17, 15) is 29.4 Å². The highest BCUT2D eigenvalue weighted by Gasteiger charge is 2.43. The van der Waals surface area contributed by atoms with E-state index in [1.807, 2.05) is 4.98 Å². The van der Waals surface area contributed by atoms with Gasteiger partial charge in [-0.2, -0.15) is 0 Å². The highest BCUT2D eigenvalue weighted by molar-refractivity contribution is 5.80. The summed E-state index contributed by atoms with van der Waals surface area (Å²) in [6.45, 7) is -0.479. The van der Waals surface area contributed by atoms with Gasteiger partial charge in [-0.1, -0.05) is 0 Å². The van der Waals surface area contributed by atoms with Crippen molar-refractivity contribution in [3.8, 4) is 0 Å². The van der Waals surface area contributed by atoms with Crippen LogP contribution in [-0.2, 0) is 14.3 Å². The summed E-state index contributed by atoms with van der Waals surface area (Å²) in [4.78, 5) is 43.9. The molecule has 1 aromatic heterocycles. The summed E-state index contributed by atoms with van der Waals surface area (Å²) in [6, 6.07) is -0.196. The van der Waals surface area contributed by atoms with Crippen molar-refractivity contribution >= 4 is 11.9 Å². The Hall–Kier alpha value is -2.58. The van der Waals surface area contributed by atoms with Crippen molar-refractivity contribution in [2.24, 2.45) is 5.73 Å². The second-order valence-electron chi connectivity index (χ2n) is 5.29. The molecule has 0 saturated carbocycles. The minimum atomic E-state index is -1.35. The van der Waals surface area contributed by atoms with Crippen LogP contribution in [0.5, 0.6) is 0 Å². The van der Waals surface area contributed by atoms with Gasteiger partial charge in [0.15, 0.2) is 6.23 Å². The molecule has 13 nitrogen and oxygen atoms in total. The van der Waals surface area contributed by atoms with E-state index in [1.165, 1.54) is 0 Å². The Balaban J connectivity index is 0.000000321. The van der Waals surface area contributed by atoms with Crippen molar-refractivity contribution in [2.45, 2.75) is 37.0 Å². The molecular weight excluding hydrogens is 358 g/mol. The van der Waals surface area contributed by atoms with Crippen LogP contribution in [0.3, 0.4) is 0 Å². The molecule has 1 aliphatic heterocycles. The average molecular weight is 377 g/mol. The zero-order chi connectivity index (χ0) is 20.0. The van der Waals surface area contributed by atoms with Gasteiger partial charge in [-0.05, 0) is 0 Å². The fourth-order valence-corrected chi connectivity index (χ4v) is 2.01. The molecule has 26 heavy (non-hydrogen) atoms. The lowest BCUT2D eigenvalue weighted by Crippen LogP contribution is -2.37. The van der Waals surface area contributed by atoms with Crippen molar-refractivity contribution < 1.29 is 39.9 Å². The Morgan fingerprint density at radius 2 is 1.88 bits per heavy atom. The van der Waals surface area contributed by atoms with Crippen LogP contribution < -0.4 is 17.0 Å². The van der Waals surface area contributed by atoms with Gasteiger partial charge < -0.3 is 36.0 Å². The molecule has 146 valence electrons. The van der Waals surface area contributed by atoms with Crippen LogP contribution in [0.1, 0.15) is 12.6 Å². The van der Waals surface area contributed by atoms with Gasteiger partial charge in [-0.25, -0.2) is 4.79 Å². The summed E-state index contributed by atoms with van der Waals surface area (Å²) < 4.78 is 6.08. The summed E-state index contributed by atoms with van der Waals surface area (Å²) in [7, 11) is 0. The van der Waals surface area contributed by atoms with Gasteiger partial charge in [0.1, 0.15) is 24.4 Å². The molecule has 1 saturated heterocycles. The summed E-state index contributed by atoms with van der Waals surface area (Å²) in [6.07, 6.45) is -4.11. The molecule has 5 atom stereocenters. The zero-order valence-electron chi connectivity index (χ0n) is 13.3. The third kappa shape index (κ3) is 5.47. The van der Waals surface area contributed by atoms with E-state index < -0.39 is 66.8 Å². The first-order valence-corrected chi connectivity index (χ1v) is 7.22. The van der Waals surface area contributed by atoms with Gasteiger partial charge in [0.25, 0.3) is 5.56 Å². The largest absolute Gasteiger partial charge is 0.481 e. The van der Waals surface area contributed by atoms with Gasteiger partial charge in [0.2, 0.25) is 0 Å². The van der Waals surface area contributed by atoms with Gasteiger partial charge in [-0.3, -0.25) is 23.9 Å². The maximum atomic E-state index is 11.4. The number of H-pyrrole nitrogens is 1. The number of hydrogen-bond acceptors (Lipinski definition) is 9. The molecule has 0 aliphatic carbocycles. The Labute approximate surface area is 144 Å². The first kappa shape index (κ1) is 21.5. The maximum absolute atomic E-state index is 11.4. The monoisotopic (exact) mass is 377 g/mol. The number of nitrogens with zero attached hydrogens (tertiary/aromatic N) is 1. The van der Waals surface area contributed by atoms with Crippen LogP contribution in [0.2, 0.25) is 0 Å². The minimum absolute atomic E-state index is 0.479. The molecule has 1 fully saturated rings. The predicted molar refractivity (Wildman–Crippen MR) is 82.2 cm³/mol. The third-order valence-corrected chi connectivity index (χ3v) is 3.35. The number of carboxylic acids is 2. The van der Waals surface area contributed by atoms with Crippen LogP contribution in [-0.4, -0.2) is 78.0 Å². The van der Waals surface area contributed by atoms with Crippen LogP contribution >= 0.6 is 0 Å². The number of nitrogens with two attached hydrogens (primary N) is 1. The van der Waals surface area contributed by atoms with E-state index in [-0.39, 0.29) is 0 Å². The van der Waals surface area contributed by atoms with Gasteiger partial charge >= 0.3 is 17.6 Å². The second kappa shape index (κ2) is 9.21. The smallest absolute Gasteiger partial charge is 0.330 e. The number of aromatic amines is 1. The molecule has 2 heterocycles. The lowest BCUT2D eigenvalue weighted by atomic mass is 10.1. The van der Waals surface area contributed by atoms with Crippen molar-refractivity contribution in [2.75, 3.05) is 6.61 Å². The number of aliphatic hydroxyl groups is 3. The highest BCUT2D eigenvalue weighted by atomic mass is 16.6. The molecule has 0 aromatic carbocycles. The Morgan fingerprint density at radius 3 is 2.27 bits per heavy atom. The fourth-order valence-electron chi connectivity index (χ4n) is 2.01. The van der Waals surface area contributed by atoms with Crippen molar-refractivity contribution in [1.82, 2.24) is 9.55 Å². The van der Waals surface area contributed by atoms with Crippen LogP contribution in [0, 0.1) is 0 Å². The highest BCUT2D eigenvalue weighted by Crippen LogP contribution is 2.27. The topological polar surface area (TPSA) is 225 Å². The number of carboxylic acid groups (broad SMARTS) is 2. The Bertz CT molecular complexity index is 744. The molecule has 0 bridgehead atoms. The number of aliphatic hydroxyl groups excluding tert-OH is 3. The molecular formula is C13H19N3O10. The molecule has 1 aromatic rings. The van der Waals surface area contributed by atoms with Crippen LogP contribution in [0.25, 0.3) is 0 Å². The van der Waals surface area contributed by atoms with E-state index in [0.717, 1.165) is 16.8 Å². The standard InChI is InChI=1S/C9H12N2O6.C4H7NO4/c12-3-4-6(14)7(15)8(17-4)11-2-1-5(13)10-9(11)16;5-2(4(8)9)1-3(6)7/h1-2,4,6-8,12,14-15H,3H2,(H,10,13,16);2H,1,5H2,(H,6,7)(H,8,9)/t4-,6-,7-,8-;/m1./s1. The summed E-state index contributed by atoms with van der Waals surface area (Å²) in [5, 5.41) is 44.1. The number of aliphatic carboxylic acids is 2. The van der Waals surface area contributed by atoms with Crippen molar-refractivity contribution in [3.63, 3.8) is 0 Å². The quantitative estimate of drug-likeness (QED) is 0.262. The number of nitrogens with one attached hydrogen (secondary N) is 1. The SMILES string of the molecule is NC(CC(=O)O)C(=O)O.O=c1ccn([C@@H]2O[C@H](CO)[C@@H](O)[C@H]2O)c(=O)[nH]1. The normalized spacial score (nSPS) is 25.8. The third-order valence-electron chi connectivity index (χ3n) is 3.35. The minimum Gasteiger partial charge on any atom is -0.481 e. The molecule has 1 unspecified atom stereocenters. The lowest BCUT2D eigenvalue weighted by molar-refractivity contribution is -0.144. The number of aromatic nitrogens is 2. The zero-order valence-corrected chi connectivity index (χ0v) is 13.3. The Morgan fingerprint density at radius 1 is 1.27 bits per heavy atom. The van der Waals surface area contributed by atoms with E-state index in [0.29, 0.717) is 0 Å². The average Bonchev–Trinajstić information content (AvgIpc) is 2.83. The molecule has 0 radical (unpaired) electrons. The number of rotatable bonds is 5. The summed E-state index contributed by atoms with van der Waals surface area (Å²) >= 11 is 0. The Kier molecular flexibility index (Phi) is 7.60.